The smallest absolute Gasteiger partial charge is 0.293 e. The first-order valence-electron chi connectivity index (χ1n) is 21.6. The van der Waals surface area contributed by atoms with E-state index < -0.39 is 0 Å². The lowest BCUT2D eigenvalue weighted by molar-refractivity contribution is -0.138. The molecule has 0 aliphatic heterocycles. The van der Waals surface area contributed by atoms with Crippen LogP contribution in [0.5, 0.6) is 0 Å². The quantitative estimate of drug-likeness (QED) is 0.173. The van der Waals surface area contributed by atoms with Crippen molar-refractivity contribution in [2.24, 2.45) is 91.6 Å². The molecule has 6 aliphatic rings. The molecule has 57 heavy (non-hydrogen) atoms. The Balaban J connectivity index is 0.000000271. The Kier molecular flexibility index (Phi) is 16.7. The topological polar surface area (TPSA) is 150 Å². The van der Waals surface area contributed by atoms with Crippen LogP contribution in [0.3, 0.4) is 0 Å². The number of aromatic nitrogens is 1. The molecule has 1 aromatic rings. The van der Waals surface area contributed by atoms with Crippen LogP contribution in [0.1, 0.15) is 167 Å². The lowest BCUT2D eigenvalue weighted by Gasteiger charge is -2.37. The van der Waals surface area contributed by atoms with Gasteiger partial charge >= 0.3 is 0 Å². The second kappa shape index (κ2) is 18.7. The zero-order chi connectivity index (χ0) is 43.0. The Morgan fingerprint density at radius 3 is 1.60 bits per heavy atom. The molecule has 10 atom stereocenters. The van der Waals surface area contributed by atoms with Gasteiger partial charge in [-0.05, 0) is 113 Å². The summed E-state index contributed by atoms with van der Waals surface area (Å²) in [4.78, 5) is 44.8. The number of aryl methyl sites for hydroxylation is 1. The van der Waals surface area contributed by atoms with Crippen molar-refractivity contribution < 1.29 is 33.6 Å². The highest BCUT2D eigenvalue weighted by atomic mass is 35.5. The number of carbonyl (C=O) groups excluding carboxylic acids is 4. The minimum absolute atomic E-state index is 0. The number of aldehydes is 1. The van der Waals surface area contributed by atoms with Crippen LogP contribution >= 0.6 is 12.4 Å². The van der Waals surface area contributed by atoms with Crippen molar-refractivity contribution in [3.63, 3.8) is 0 Å². The molecular weight excluding hydrogens is 740 g/mol. The van der Waals surface area contributed by atoms with Gasteiger partial charge in [-0.15, -0.1) is 12.4 Å². The fraction of sp³-hybridized carbons (Fsp3) is 0.851. The van der Waals surface area contributed by atoms with Gasteiger partial charge in [-0.3, -0.25) is 14.4 Å². The summed E-state index contributed by atoms with van der Waals surface area (Å²) >= 11 is 0. The van der Waals surface area contributed by atoms with Crippen LogP contribution in [0.2, 0.25) is 0 Å². The molecule has 328 valence electrons. The first-order chi connectivity index (χ1) is 25.8. The molecule has 5 saturated carbocycles. The van der Waals surface area contributed by atoms with Gasteiger partial charge in [-0.25, -0.2) is 5.90 Å². The molecule has 10 unspecified atom stereocenters. The van der Waals surface area contributed by atoms with Gasteiger partial charge in [-0.2, -0.15) is 0 Å². The number of hydrogen-bond donors (Lipinski definition) is 2. The van der Waals surface area contributed by atoms with Crippen LogP contribution in [-0.4, -0.2) is 41.3 Å². The zero-order valence-electron chi connectivity index (χ0n) is 38.5. The first kappa shape index (κ1) is 51.0. The third-order valence-electron chi connectivity index (χ3n) is 18.0. The van der Waals surface area contributed by atoms with Gasteiger partial charge in [0.1, 0.15) is 23.6 Å². The van der Waals surface area contributed by atoms with Crippen molar-refractivity contribution in [1.29, 1.82) is 0 Å². The Morgan fingerprint density at radius 2 is 1.16 bits per heavy atom. The number of ketones is 2. The number of Topliss-reactive ketones (excluding diaryl/α,β-unsaturated/α-hetero) is 2. The Hall–Kier alpha value is -2.10. The van der Waals surface area contributed by atoms with Gasteiger partial charge in [0.05, 0.1) is 18.7 Å². The molecular formula is C47H81ClN2O7. The third kappa shape index (κ3) is 8.88. The predicted octanol–water partition coefficient (Wildman–Crippen LogP) is 10.7. The molecule has 0 spiro atoms. The van der Waals surface area contributed by atoms with Gasteiger partial charge in [0, 0.05) is 29.7 Å². The van der Waals surface area contributed by atoms with E-state index in [-0.39, 0.29) is 46.3 Å². The Morgan fingerprint density at radius 1 is 0.702 bits per heavy atom. The molecule has 7 rings (SSSR count). The van der Waals surface area contributed by atoms with Crippen molar-refractivity contribution in [3.05, 3.63) is 17.5 Å². The average Bonchev–Trinajstić information content (AvgIpc) is 3.75. The SMILES string of the molecule is CC1C(C)(C)C2CCC(C=O)C(=O)C2C1(C)C.CC1C(C)(C)C2CCCC(=O)C2C1(C)C.CC1C(C)(C)C2CCc3cnoc3C2C1(C)C.CCOC=O.Cl.NO. The molecule has 3 N–H and O–H groups in total. The van der Waals surface area contributed by atoms with Crippen molar-refractivity contribution in [2.75, 3.05) is 6.61 Å². The lowest BCUT2D eigenvalue weighted by atomic mass is 9.65. The predicted molar refractivity (Wildman–Crippen MR) is 229 cm³/mol. The normalized spacial score (nSPS) is 36.0. The van der Waals surface area contributed by atoms with E-state index in [1.54, 1.807) is 6.92 Å². The monoisotopic (exact) mass is 821 g/mol. The van der Waals surface area contributed by atoms with Crippen LogP contribution in [0.15, 0.2) is 10.7 Å². The van der Waals surface area contributed by atoms with Gasteiger partial charge in [0.25, 0.3) is 6.47 Å². The summed E-state index contributed by atoms with van der Waals surface area (Å²) in [6.07, 6.45) is 10.2. The van der Waals surface area contributed by atoms with Crippen LogP contribution in [-0.2, 0) is 30.3 Å². The molecule has 0 aromatic carbocycles. The number of halogens is 1. The molecule has 0 amide bonds. The molecule has 10 heteroatoms. The van der Waals surface area contributed by atoms with Crippen molar-refractivity contribution >= 4 is 36.7 Å². The fourth-order valence-electron chi connectivity index (χ4n) is 13.4. The Bertz CT molecular complexity index is 1530. The molecule has 0 bridgehead atoms. The minimum Gasteiger partial charge on any atom is -0.468 e. The van der Waals surface area contributed by atoms with E-state index in [1.807, 2.05) is 6.20 Å². The standard InChI is InChI=1S/C15H23NO.C15H24O2.C14H24O.C3H6O2.ClH.H3NO/c1-9-14(2,3)11-7-6-10-8-16-17-13(10)12(11)15(9,4)5;1-9-14(2,3)11-7-6-10(8-16)13(17)12(11)15(9,4)5;1-9-13(2,3)10-7-6-8-11(15)12(10)14(9,4)5;1-2-5-3-4;;1-2/h8-9,11-12H,6-7H2,1-5H3;8-12H,6-7H2,1-5H3;9-10,12H,6-8H2,1-5H3;3H,2H2,1H3;1H;2H,1H2. The molecule has 9 nitrogen and oxygen atoms in total. The molecule has 6 aliphatic carbocycles. The molecule has 0 saturated heterocycles. The summed E-state index contributed by atoms with van der Waals surface area (Å²) in [7, 11) is 0. The summed E-state index contributed by atoms with van der Waals surface area (Å²) in [5.74, 6) is 9.74. The van der Waals surface area contributed by atoms with Crippen molar-refractivity contribution in [1.82, 2.24) is 5.16 Å². The number of carbonyl (C=O) groups is 4. The van der Waals surface area contributed by atoms with Crippen LogP contribution in [0.25, 0.3) is 0 Å². The summed E-state index contributed by atoms with van der Waals surface area (Å²) < 4.78 is 9.75. The molecule has 1 heterocycles. The highest BCUT2D eigenvalue weighted by Crippen LogP contribution is 2.67. The molecule has 1 aromatic heterocycles. The summed E-state index contributed by atoms with van der Waals surface area (Å²) in [6, 6.07) is 0. The number of nitrogens with zero attached hydrogens (tertiary/aromatic N) is 1. The van der Waals surface area contributed by atoms with Crippen LogP contribution in [0, 0.1) is 85.8 Å². The van der Waals surface area contributed by atoms with Gasteiger partial charge in [-0.1, -0.05) is 109 Å². The lowest BCUT2D eigenvalue weighted by Crippen LogP contribution is -2.41. The van der Waals surface area contributed by atoms with Crippen LogP contribution < -0.4 is 5.90 Å². The number of hydrogen-bond acceptors (Lipinski definition) is 9. The third-order valence-corrected chi connectivity index (χ3v) is 18.0. The zero-order valence-corrected chi connectivity index (χ0v) is 39.3. The second-order valence-corrected chi connectivity index (χ2v) is 21.7. The van der Waals surface area contributed by atoms with Crippen molar-refractivity contribution in [3.8, 4) is 0 Å². The van der Waals surface area contributed by atoms with E-state index in [2.05, 4.69) is 120 Å². The van der Waals surface area contributed by atoms with E-state index in [0.717, 1.165) is 44.3 Å². The maximum atomic E-state index is 12.5. The van der Waals surface area contributed by atoms with E-state index in [9.17, 15) is 19.2 Å². The number of nitrogens with two attached hydrogens (primary N) is 1. The average molecular weight is 822 g/mol. The molecule has 5 fully saturated rings. The van der Waals surface area contributed by atoms with E-state index >= 15 is 0 Å². The highest BCUT2D eigenvalue weighted by molar-refractivity contribution is 5.96. The summed E-state index contributed by atoms with van der Waals surface area (Å²) in [5.41, 5.74) is 2.83. The maximum Gasteiger partial charge on any atom is 0.293 e. The minimum atomic E-state index is -0.336. The van der Waals surface area contributed by atoms with E-state index in [4.69, 9.17) is 9.73 Å². The van der Waals surface area contributed by atoms with Gasteiger partial charge in [0.2, 0.25) is 0 Å². The highest BCUT2D eigenvalue weighted by Gasteiger charge is 2.63. The van der Waals surface area contributed by atoms with E-state index in [1.165, 1.54) is 24.2 Å². The summed E-state index contributed by atoms with van der Waals surface area (Å²) in [5, 5.41) is 10.5. The number of fused-ring (bicyclic) bond motifs is 5. The first-order valence-corrected chi connectivity index (χ1v) is 21.6. The van der Waals surface area contributed by atoms with Gasteiger partial charge in [0.15, 0.2) is 0 Å². The van der Waals surface area contributed by atoms with Gasteiger partial charge < -0.3 is 19.3 Å². The molecule has 0 radical (unpaired) electrons. The number of ether oxygens (including phenoxy) is 1. The maximum absolute atomic E-state index is 12.5. The largest absolute Gasteiger partial charge is 0.468 e. The number of rotatable bonds is 3. The van der Waals surface area contributed by atoms with E-state index in [0.29, 0.717) is 76.5 Å². The Labute approximate surface area is 351 Å². The summed E-state index contributed by atoms with van der Waals surface area (Å²) in [6.45, 7) is 37.7. The fourth-order valence-corrected chi connectivity index (χ4v) is 13.4. The van der Waals surface area contributed by atoms with Crippen LogP contribution in [0.4, 0.5) is 0 Å². The van der Waals surface area contributed by atoms with Crippen molar-refractivity contribution in [2.45, 2.75) is 162 Å². The second-order valence-electron chi connectivity index (χ2n) is 21.7.